The first-order chi connectivity index (χ1) is 10.1. The zero-order valence-electron chi connectivity index (χ0n) is 11.3. The molecule has 7 heteroatoms. The first-order valence-corrected chi connectivity index (χ1v) is 6.86. The average molecular weight is 290 g/mol. The second-order valence-corrected chi connectivity index (χ2v) is 5.35. The van der Waals surface area contributed by atoms with Crippen molar-refractivity contribution >= 4 is 5.97 Å². The smallest absolute Gasteiger partial charge is 0.305 e. The molecule has 2 aromatic rings. The molecule has 0 radical (unpaired) electrons. The van der Waals surface area contributed by atoms with E-state index in [-0.39, 0.29) is 18.3 Å². The predicted octanol–water partition coefficient (Wildman–Crippen LogP) is 1.83. The number of hydrogen-bond donors (Lipinski definition) is 1. The van der Waals surface area contributed by atoms with Gasteiger partial charge in [-0.25, -0.2) is 9.07 Å². The molecule has 1 unspecified atom stereocenters. The molecule has 1 heterocycles. The molecule has 1 aromatic carbocycles. The van der Waals surface area contributed by atoms with Crippen LogP contribution in [0.4, 0.5) is 4.39 Å². The summed E-state index contributed by atoms with van der Waals surface area (Å²) < 4.78 is 14.8. The third-order valence-electron chi connectivity index (χ3n) is 3.68. The minimum Gasteiger partial charge on any atom is -0.481 e. The molecule has 0 amide bonds. The molecule has 1 aliphatic carbocycles. The maximum atomic E-state index is 13.2. The Morgan fingerprint density at radius 2 is 2.29 bits per heavy atom. The summed E-state index contributed by atoms with van der Waals surface area (Å²) in [5.41, 5.74) is 0.760. The van der Waals surface area contributed by atoms with E-state index in [1.807, 2.05) is 0 Å². The number of carboxylic acid groups (broad SMARTS) is 1. The van der Waals surface area contributed by atoms with Gasteiger partial charge in [0.1, 0.15) is 5.82 Å². The number of tetrazole rings is 1. The Morgan fingerprint density at radius 1 is 1.48 bits per heavy atom. The minimum atomic E-state index is -0.862. The van der Waals surface area contributed by atoms with Gasteiger partial charge in [0.15, 0.2) is 5.82 Å². The minimum absolute atomic E-state index is 0.00581. The van der Waals surface area contributed by atoms with Gasteiger partial charge < -0.3 is 5.11 Å². The molecule has 1 N–H and O–H groups in total. The van der Waals surface area contributed by atoms with Crippen LogP contribution >= 0.6 is 0 Å². The van der Waals surface area contributed by atoms with Gasteiger partial charge in [0.25, 0.3) is 0 Å². The van der Waals surface area contributed by atoms with Crippen LogP contribution in [0.1, 0.15) is 36.7 Å². The van der Waals surface area contributed by atoms with Crippen LogP contribution in [0.15, 0.2) is 24.3 Å². The number of benzene rings is 1. The first-order valence-electron chi connectivity index (χ1n) is 6.86. The summed E-state index contributed by atoms with van der Waals surface area (Å²) in [6.45, 7) is 0. The molecule has 1 fully saturated rings. The van der Waals surface area contributed by atoms with Gasteiger partial charge in [-0.15, -0.1) is 5.10 Å². The average Bonchev–Trinajstić information content (AvgIpc) is 3.17. The fraction of sp³-hybridized carbons (Fsp3) is 0.429. The first kappa shape index (κ1) is 13.7. The predicted molar refractivity (Wildman–Crippen MR) is 71.0 cm³/mol. The monoisotopic (exact) mass is 290 g/mol. The quantitative estimate of drug-likeness (QED) is 0.877. The molecule has 0 spiro atoms. The molecular weight excluding hydrogens is 275 g/mol. The molecule has 0 saturated heterocycles. The van der Waals surface area contributed by atoms with E-state index in [2.05, 4.69) is 15.5 Å². The van der Waals surface area contributed by atoms with Crippen molar-refractivity contribution in [3.05, 3.63) is 41.5 Å². The van der Waals surface area contributed by atoms with E-state index in [0.717, 1.165) is 18.4 Å². The highest BCUT2D eigenvalue weighted by atomic mass is 19.1. The normalized spacial score (nSPS) is 15.9. The number of carboxylic acids is 1. The molecule has 1 aliphatic rings. The number of carbonyl (C=O) groups is 1. The molecule has 21 heavy (non-hydrogen) atoms. The Morgan fingerprint density at radius 3 is 2.95 bits per heavy atom. The van der Waals surface area contributed by atoms with Gasteiger partial charge in [0.2, 0.25) is 0 Å². The molecule has 1 aromatic heterocycles. The molecule has 0 bridgehead atoms. The number of hydrogen-bond acceptors (Lipinski definition) is 4. The zero-order chi connectivity index (χ0) is 14.8. The molecule has 0 aliphatic heterocycles. The number of aliphatic carboxylic acids is 1. The maximum Gasteiger partial charge on any atom is 0.305 e. The lowest BCUT2D eigenvalue weighted by atomic mass is 10.1. The second kappa shape index (κ2) is 5.59. The van der Waals surface area contributed by atoms with Crippen LogP contribution in [-0.4, -0.2) is 31.3 Å². The van der Waals surface area contributed by atoms with Crippen molar-refractivity contribution in [2.75, 3.05) is 0 Å². The summed E-state index contributed by atoms with van der Waals surface area (Å²) in [7, 11) is 0. The Bertz CT molecular complexity index is 654. The van der Waals surface area contributed by atoms with Crippen LogP contribution < -0.4 is 0 Å². The van der Waals surface area contributed by atoms with Gasteiger partial charge in [-0.1, -0.05) is 12.1 Å². The van der Waals surface area contributed by atoms with Crippen molar-refractivity contribution in [1.82, 2.24) is 20.2 Å². The van der Waals surface area contributed by atoms with E-state index < -0.39 is 5.97 Å². The fourth-order valence-corrected chi connectivity index (χ4v) is 2.53. The van der Waals surface area contributed by atoms with Crippen molar-refractivity contribution in [3.63, 3.8) is 0 Å². The van der Waals surface area contributed by atoms with Gasteiger partial charge in [0.05, 0.1) is 12.5 Å². The highest BCUT2D eigenvalue weighted by Gasteiger charge is 2.36. The third kappa shape index (κ3) is 3.24. The Kier molecular flexibility index (Phi) is 3.64. The lowest BCUT2D eigenvalue weighted by Gasteiger charge is -2.15. The Balaban J connectivity index is 1.84. The van der Waals surface area contributed by atoms with Gasteiger partial charge in [-0.05, 0) is 46.9 Å². The van der Waals surface area contributed by atoms with Crippen LogP contribution in [0.5, 0.6) is 0 Å². The van der Waals surface area contributed by atoms with Crippen LogP contribution in [0.2, 0.25) is 0 Å². The van der Waals surface area contributed by atoms with E-state index in [1.165, 1.54) is 12.1 Å². The lowest BCUT2D eigenvalue weighted by Crippen LogP contribution is -2.19. The van der Waals surface area contributed by atoms with E-state index in [1.54, 1.807) is 16.8 Å². The van der Waals surface area contributed by atoms with Gasteiger partial charge in [-0.3, -0.25) is 4.79 Å². The number of rotatable bonds is 6. The molecule has 1 saturated carbocycles. The van der Waals surface area contributed by atoms with Crippen LogP contribution in [0.25, 0.3) is 0 Å². The van der Waals surface area contributed by atoms with E-state index in [9.17, 15) is 9.18 Å². The van der Waals surface area contributed by atoms with E-state index in [0.29, 0.717) is 18.2 Å². The largest absolute Gasteiger partial charge is 0.481 e. The number of aromatic nitrogens is 4. The molecule has 110 valence electrons. The number of halogens is 1. The van der Waals surface area contributed by atoms with Crippen LogP contribution in [-0.2, 0) is 11.2 Å². The van der Waals surface area contributed by atoms with Gasteiger partial charge in [0, 0.05) is 6.42 Å². The molecule has 3 rings (SSSR count). The standard InChI is InChI=1S/C14H15FN4O2/c15-11-3-1-2-9(6-11)7-13-16-17-18-19(13)12(8-14(20)21)10-4-5-10/h1-3,6,10,12H,4-5,7-8H2,(H,20,21). The maximum absolute atomic E-state index is 13.2. The van der Waals surface area contributed by atoms with Gasteiger partial charge in [-0.2, -0.15) is 0 Å². The second-order valence-electron chi connectivity index (χ2n) is 5.35. The summed E-state index contributed by atoms with van der Waals surface area (Å²) in [5.74, 6) is -0.287. The summed E-state index contributed by atoms with van der Waals surface area (Å²) in [6.07, 6.45) is 2.38. The topological polar surface area (TPSA) is 80.9 Å². The van der Waals surface area contributed by atoms with Crippen molar-refractivity contribution in [2.45, 2.75) is 31.7 Å². The Hall–Kier alpha value is -2.31. The molecular formula is C14H15FN4O2. The summed E-state index contributed by atoms with van der Waals surface area (Å²) in [5, 5.41) is 20.6. The summed E-state index contributed by atoms with van der Waals surface area (Å²) in [4.78, 5) is 11.0. The highest BCUT2D eigenvalue weighted by molar-refractivity contribution is 5.67. The van der Waals surface area contributed by atoms with Crippen molar-refractivity contribution in [3.8, 4) is 0 Å². The van der Waals surface area contributed by atoms with Crippen molar-refractivity contribution in [2.24, 2.45) is 5.92 Å². The van der Waals surface area contributed by atoms with Crippen LogP contribution in [0, 0.1) is 11.7 Å². The Labute approximate surface area is 120 Å². The zero-order valence-corrected chi connectivity index (χ0v) is 11.3. The molecule has 1 atom stereocenters. The highest BCUT2D eigenvalue weighted by Crippen LogP contribution is 2.41. The van der Waals surface area contributed by atoms with Gasteiger partial charge >= 0.3 is 5.97 Å². The van der Waals surface area contributed by atoms with Crippen LogP contribution in [0.3, 0.4) is 0 Å². The summed E-state index contributed by atoms with van der Waals surface area (Å²) >= 11 is 0. The third-order valence-corrected chi connectivity index (χ3v) is 3.68. The molecule has 6 nitrogen and oxygen atoms in total. The fourth-order valence-electron chi connectivity index (χ4n) is 2.53. The van der Waals surface area contributed by atoms with Crippen molar-refractivity contribution in [1.29, 1.82) is 0 Å². The van der Waals surface area contributed by atoms with E-state index >= 15 is 0 Å². The number of nitrogens with zero attached hydrogens (tertiary/aromatic N) is 4. The van der Waals surface area contributed by atoms with E-state index in [4.69, 9.17) is 5.11 Å². The van der Waals surface area contributed by atoms with Crippen molar-refractivity contribution < 1.29 is 14.3 Å². The lowest BCUT2D eigenvalue weighted by molar-refractivity contribution is -0.138. The SMILES string of the molecule is O=C(O)CC(C1CC1)n1nnnc1Cc1cccc(F)c1. The summed E-state index contributed by atoms with van der Waals surface area (Å²) in [6, 6.07) is 6.02.